The predicted molar refractivity (Wildman–Crippen MR) is 394 cm³/mol. The van der Waals surface area contributed by atoms with Gasteiger partial charge in [-0.1, -0.05) is 35.9 Å². The van der Waals surface area contributed by atoms with Crippen molar-refractivity contribution < 1.29 is 57.9 Å². The Kier molecular flexibility index (Phi) is 21.3. The number of halogens is 2. The summed E-state index contributed by atoms with van der Waals surface area (Å²) in [4.78, 5) is 96.3. The Morgan fingerprint density at radius 1 is 0.544 bits per heavy atom. The monoisotopic (exact) mass is 1420 g/mol. The molecule has 0 N–H and O–H groups in total. The lowest BCUT2D eigenvalue weighted by Gasteiger charge is -2.47. The van der Waals surface area contributed by atoms with Crippen molar-refractivity contribution in [2.45, 2.75) is 202 Å². The minimum atomic E-state index is -0.245. The van der Waals surface area contributed by atoms with Crippen LogP contribution >= 0.6 is 0 Å². The van der Waals surface area contributed by atoms with Crippen LogP contribution in [0.15, 0.2) is 78.9 Å². The summed E-state index contributed by atoms with van der Waals surface area (Å²) in [6.45, 7) is 21.9. The first-order valence-corrected chi connectivity index (χ1v) is 38.7. The number of hydrogen-bond donors (Lipinski definition) is 0. The van der Waals surface area contributed by atoms with Gasteiger partial charge in [0.05, 0.1) is 25.9 Å². The van der Waals surface area contributed by atoms with Gasteiger partial charge >= 0.3 is 24.3 Å². The van der Waals surface area contributed by atoms with Crippen LogP contribution in [0, 0.1) is 24.5 Å². The molecule has 3 spiro atoms. The van der Waals surface area contributed by atoms with Gasteiger partial charge in [-0.25, -0.2) is 28.0 Å². The van der Waals surface area contributed by atoms with Crippen molar-refractivity contribution in [3.63, 3.8) is 0 Å². The molecule has 0 aromatic heterocycles. The maximum atomic E-state index is 14.3. The van der Waals surface area contributed by atoms with Crippen molar-refractivity contribution in [3.05, 3.63) is 113 Å². The highest BCUT2D eigenvalue weighted by Gasteiger charge is 2.53. The Hall–Kier alpha value is -7.40. The molecule has 9 fully saturated rings. The number of nitrogens with zero attached hydrogens (tertiary/aromatic N) is 10. The number of anilines is 3. The van der Waals surface area contributed by atoms with E-state index in [4.69, 9.17) is 18.9 Å². The molecule has 1 aliphatic carbocycles. The number of hydrogen-bond acceptors (Lipinski definition) is 13. The number of carbonyl (C=O) groups excluding carboxylic acids is 6. The lowest BCUT2D eigenvalue weighted by molar-refractivity contribution is -0.120. The molecule has 22 heteroatoms. The third-order valence-electron chi connectivity index (χ3n) is 25.4. The molecule has 8 saturated heterocycles. The summed E-state index contributed by atoms with van der Waals surface area (Å²) >= 11 is 0. The maximum Gasteiger partial charge on any atom is 0.410 e. The lowest BCUT2D eigenvalue weighted by Crippen LogP contribution is -2.56. The largest absolute Gasteiger partial charge is 0.450 e. The van der Waals surface area contributed by atoms with Crippen LogP contribution in [0.5, 0.6) is 0 Å². The normalized spacial score (nSPS) is 25.1. The number of likely N-dealkylation sites (tertiary alicyclic amines) is 5. The van der Waals surface area contributed by atoms with Crippen LogP contribution in [0.4, 0.5) is 45.0 Å². The van der Waals surface area contributed by atoms with E-state index in [0.29, 0.717) is 51.0 Å². The molecule has 2 bridgehead atoms. The summed E-state index contributed by atoms with van der Waals surface area (Å²) in [6.07, 6.45) is 15.8. The average Bonchev–Trinajstić information content (AvgIpc) is 1.59. The van der Waals surface area contributed by atoms with Crippen LogP contribution in [0.1, 0.15) is 161 Å². The summed E-state index contributed by atoms with van der Waals surface area (Å²) in [5.74, 6) is 0.0514. The Morgan fingerprint density at radius 2 is 1.01 bits per heavy atom. The van der Waals surface area contributed by atoms with Crippen LogP contribution < -0.4 is 14.7 Å². The Morgan fingerprint density at radius 3 is 1.50 bits per heavy atom. The fourth-order valence-electron chi connectivity index (χ4n) is 19.4. The molecule has 7 amide bonds. The fourth-order valence-corrected chi connectivity index (χ4v) is 19.4. The third-order valence-corrected chi connectivity index (χ3v) is 25.4. The Labute approximate surface area is 608 Å². The number of ether oxygens (including phenoxy) is 4. The number of aryl methyl sites for hydroxylation is 1. The predicted octanol–water partition coefficient (Wildman–Crippen LogP) is 12.7. The van der Waals surface area contributed by atoms with Gasteiger partial charge in [-0.3, -0.25) is 14.5 Å². The second-order valence-electron chi connectivity index (χ2n) is 32.3. The van der Waals surface area contributed by atoms with Crippen LogP contribution in [0.3, 0.4) is 0 Å². The summed E-state index contributed by atoms with van der Waals surface area (Å²) in [5, 5.41) is 0. The molecular weight excluding hydrogens is 1310 g/mol. The van der Waals surface area contributed by atoms with Crippen molar-refractivity contribution >= 4 is 53.2 Å². The Bertz CT molecular complexity index is 3740. The molecule has 11 aliphatic heterocycles. The fraction of sp³-hybridized carbons (Fsp3) is 0.630. The standard InChI is InChI=1S/C29H37N3O3.C28H36FN3O4.C24H35FN4O3.H2/c1-4-35-28(34)31-15-11-25(12-16-31)30-17-13-29(14-18-30)20-32(22(3)33)27-10-9-24(19-26(27)29)23-7-5-21(2)6-8-23;29-19-3-6-25-24(13-19)28(17-31(25)26(33)18-1-2-18)8-10-30(11-9-28)22-14-20-4-5-21(15-22)32(20)27(34)36-23-7-12-35-16-23;1-17(2)32-23(31)28-11-7-19(8-12-28)27-13-9-24(10-14-27)16-29(22(30)26(3)4)21-6-5-18(25)15-20(21)24;/h5-10,19,25H,4,11-18,20H2,1-3H3;3,6,13,18,20-23H,1-2,4-5,7-12,14-17H2;5-6,15,17,19H,7-14,16H2,1-4H3;1H/t;20?,21?,22?,23-;;/m.0../s1. The van der Waals surface area contributed by atoms with E-state index in [0.717, 1.165) is 209 Å². The van der Waals surface area contributed by atoms with Gasteiger partial charge in [0.1, 0.15) is 17.7 Å². The molecule has 16 rings (SSSR count). The second-order valence-corrected chi connectivity index (χ2v) is 32.3. The first-order valence-electron chi connectivity index (χ1n) is 38.7. The molecule has 0 radical (unpaired) electrons. The highest BCUT2D eigenvalue weighted by atomic mass is 19.1. The van der Waals surface area contributed by atoms with Crippen molar-refractivity contribution in [2.75, 3.05) is 134 Å². The molecular formula is C81H110F2N10O10. The minimum absolute atomic E-state index is 0. The van der Waals surface area contributed by atoms with E-state index >= 15 is 0 Å². The van der Waals surface area contributed by atoms with E-state index in [1.807, 2.05) is 56.2 Å². The van der Waals surface area contributed by atoms with Crippen molar-refractivity contribution in [3.8, 4) is 11.1 Å². The molecule has 3 atom stereocenters. The molecule has 20 nitrogen and oxygen atoms in total. The number of fused-ring (bicyclic) bond motifs is 8. The number of amides is 7. The van der Waals surface area contributed by atoms with E-state index in [-0.39, 0.29) is 95.6 Å². The van der Waals surface area contributed by atoms with Crippen molar-refractivity contribution in [2.24, 2.45) is 5.92 Å². The summed E-state index contributed by atoms with van der Waals surface area (Å²) in [6, 6.07) is 27.1. The first-order chi connectivity index (χ1) is 49.6. The number of benzene rings is 4. The van der Waals surface area contributed by atoms with Crippen LogP contribution in [0.2, 0.25) is 0 Å². The van der Waals surface area contributed by atoms with E-state index in [2.05, 4.69) is 64.1 Å². The van der Waals surface area contributed by atoms with Crippen LogP contribution in [-0.2, 0) is 44.8 Å². The topological polar surface area (TPSA) is 172 Å². The number of piperidine rings is 6. The van der Waals surface area contributed by atoms with E-state index in [9.17, 15) is 37.5 Å². The minimum Gasteiger partial charge on any atom is -0.450 e. The zero-order chi connectivity index (χ0) is 72.1. The summed E-state index contributed by atoms with van der Waals surface area (Å²) in [7, 11) is 3.50. The first kappa shape index (κ1) is 72.5. The lowest BCUT2D eigenvalue weighted by atomic mass is 9.73. The van der Waals surface area contributed by atoms with Gasteiger partial charge < -0.3 is 63.0 Å². The van der Waals surface area contributed by atoms with Gasteiger partial charge in [0.2, 0.25) is 11.8 Å². The van der Waals surface area contributed by atoms with Gasteiger partial charge in [-0.05, 0) is 246 Å². The highest BCUT2D eigenvalue weighted by Crippen LogP contribution is 2.53. The smallest absolute Gasteiger partial charge is 0.410 e. The van der Waals surface area contributed by atoms with Crippen LogP contribution in [-0.4, -0.2) is 232 Å². The highest BCUT2D eigenvalue weighted by molar-refractivity contribution is 5.99. The third kappa shape index (κ3) is 15.0. The maximum absolute atomic E-state index is 14.3. The van der Waals surface area contributed by atoms with E-state index < -0.39 is 0 Å². The summed E-state index contributed by atoms with van der Waals surface area (Å²) in [5.41, 5.74) is 9.58. The van der Waals surface area contributed by atoms with E-state index in [1.165, 1.54) is 34.4 Å². The molecule has 11 heterocycles. The average molecular weight is 1420 g/mol. The van der Waals surface area contributed by atoms with Gasteiger partial charge in [0.25, 0.3) is 0 Å². The molecule has 12 aliphatic rings. The van der Waals surface area contributed by atoms with E-state index in [1.54, 1.807) is 44.1 Å². The van der Waals surface area contributed by atoms with Gasteiger partial charge in [-0.2, -0.15) is 0 Å². The van der Waals surface area contributed by atoms with Crippen LogP contribution in [0.25, 0.3) is 11.1 Å². The zero-order valence-corrected chi connectivity index (χ0v) is 61.8. The van der Waals surface area contributed by atoms with Crippen molar-refractivity contribution in [1.82, 2.24) is 34.3 Å². The molecule has 558 valence electrons. The second kappa shape index (κ2) is 30.2. The number of urea groups is 1. The quantitative estimate of drug-likeness (QED) is 0.153. The SMILES string of the molecule is CC(C)OC(=O)N1CCC(N2CCC3(CC2)CN(C(=O)N(C)C)c2ccc(F)cc23)CC1.CCOC(=O)N1CCC(N2CCC3(CC2)CN(C(C)=O)c2ccc(-c4ccc(C)cc4)cc23)CC1.O=C(C1CC1)N1CC2(CCN(C3CC4CCC(C3)N4C(=O)O[C@H]3CCOC3)CC2)c2cc(F)ccc21.[HH]. The van der Waals surface area contributed by atoms with Gasteiger partial charge in [0, 0.05) is 144 Å². The molecule has 2 unspecified atom stereocenters. The zero-order valence-electron chi connectivity index (χ0n) is 61.8. The van der Waals surface area contributed by atoms with Crippen molar-refractivity contribution in [1.29, 1.82) is 0 Å². The van der Waals surface area contributed by atoms with Gasteiger partial charge in [0.15, 0.2) is 0 Å². The number of rotatable bonds is 8. The van der Waals surface area contributed by atoms with Gasteiger partial charge in [-0.15, -0.1) is 0 Å². The number of carbonyl (C=O) groups is 6. The Balaban J connectivity index is 0.000000138. The molecule has 1 saturated carbocycles. The molecule has 4 aromatic carbocycles. The summed E-state index contributed by atoms with van der Waals surface area (Å²) < 4.78 is 50.1. The molecule has 4 aromatic rings. The molecule has 103 heavy (non-hydrogen) atoms.